The first kappa shape index (κ1) is 10.0. The first-order chi connectivity index (χ1) is 8.59. The maximum Gasteiger partial charge on any atom is 0.139 e. The summed E-state index contributed by atoms with van der Waals surface area (Å²) < 4.78 is 0. The molecule has 0 aliphatic heterocycles. The van der Waals surface area contributed by atoms with Crippen molar-refractivity contribution >= 4 is 24.2 Å². The highest BCUT2D eigenvalue weighted by molar-refractivity contribution is 6.33. The molecule has 0 saturated carbocycles. The van der Waals surface area contributed by atoms with Gasteiger partial charge in [0, 0.05) is 28.1 Å². The van der Waals surface area contributed by atoms with Gasteiger partial charge in [0.05, 0.1) is 5.69 Å². The molecule has 88 valence electrons. The van der Waals surface area contributed by atoms with Crippen LogP contribution in [0.2, 0.25) is 0 Å². The molecule has 2 heterocycles. The number of nitrogens with one attached hydrogen (secondary N) is 2. The summed E-state index contributed by atoms with van der Waals surface area (Å²) in [7, 11) is 2.14. The molecule has 3 aromatic rings. The highest BCUT2D eigenvalue weighted by Gasteiger charge is 2.40. The standard InChI is InChI=1S/C14H14BN3/c1-14(2)9-6-16-18-12(9)13-11(14)8-5-7(15)3-4-10(8)17-13/h3-6,17H,15H2,1-2H3,(H,16,18). The van der Waals surface area contributed by atoms with E-state index in [1.165, 1.54) is 33.2 Å². The predicted molar refractivity (Wildman–Crippen MR) is 76.2 cm³/mol. The molecule has 1 aromatic carbocycles. The molecular formula is C14H14BN3. The highest BCUT2D eigenvalue weighted by Crippen LogP contribution is 2.50. The summed E-state index contributed by atoms with van der Waals surface area (Å²) in [5.41, 5.74) is 7.43. The van der Waals surface area contributed by atoms with Gasteiger partial charge in [-0.15, -0.1) is 0 Å². The van der Waals surface area contributed by atoms with Crippen molar-refractivity contribution < 1.29 is 0 Å². The van der Waals surface area contributed by atoms with Crippen molar-refractivity contribution in [2.45, 2.75) is 19.3 Å². The van der Waals surface area contributed by atoms with Gasteiger partial charge in [0.2, 0.25) is 0 Å². The zero-order valence-electron chi connectivity index (χ0n) is 10.8. The fourth-order valence-corrected chi connectivity index (χ4v) is 3.22. The van der Waals surface area contributed by atoms with E-state index >= 15 is 0 Å². The third-order valence-electron chi connectivity index (χ3n) is 4.13. The second-order valence-corrected chi connectivity index (χ2v) is 5.70. The van der Waals surface area contributed by atoms with Crippen LogP contribution in [0.4, 0.5) is 0 Å². The third-order valence-corrected chi connectivity index (χ3v) is 4.13. The second kappa shape index (κ2) is 2.89. The molecule has 1 aliphatic rings. The Balaban J connectivity index is 2.19. The van der Waals surface area contributed by atoms with Gasteiger partial charge in [-0.1, -0.05) is 31.4 Å². The van der Waals surface area contributed by atoms with Crippen molar-refractivity contribution in [3.8, 4) is 11.4 Å². The van der Waals surface area contributed by atoms with E-state index in [0.717, 1.165) is 5.69 Å². The molecule has 0 spiro atoms. The van der Waals surface area contributed by atoms with Crippen LogP contribution in [0, 0.1) is 0 Å². The molecule has 0 radical (unpaired) electrons. The maximum absolute atomic E-state index is 4.40. The summed E-state index contributed by atoms with van der Waals surface area (Å²) in [5, 5.41) is 8.70. The van der Waals surface area contributed by atoms with Gasteiger partial charge in [-0.05, 0) is 11.6 Å². The summed E-state index contributed by atoms with van der Waals surface area (Å²) in [6.45, 7) is 4.53. The van der Waals surface area contributed by atoms with Crippen LogP contribution in [0.3, 0.4) is 0 Å². The number of fused-ring (bicyclic) bond motifs is 5. The van der Waals surface area contributed by atoms with Crippen molar-refractivity contribution in [2.24, 2.45) is 0 Å². The lowest BCUT2D eigenvalue weighted by molar-refractivity contribution is 0.666. The van der Waals surface area contributed by atoms with E-state index in [0.29, 0.717) is 0 Å². The number of nitrogens with zero attached hydrogens (tertiary/aromatic N) is 1. The average molecular weight is 235 g/mol. The smallest absolute Gasteiger partial charge is 0.139 e. The Labute approximate surface area is 106 Å². The number of aromatic nitrogens is 3. The lowest BCUT2D eigenvalue weighted by Gasteiger charge is -2.19. The predicted octanol–water partition coefficient (Wildman–Crippen LogP) is 1.46. The van der Waals surface area contributed by atoms with Crippen LogP contribution < -0.4 is 5.46 Å². The molecule has 0 amide bonds. The maximum atomic E-state index is 4.40. The Morgan fingerprint density at radius 1 is 1.28 bits per heavy atom. The Morgan fingerprint density at radius 3 is 2.94 bits per heavy atom. The number of rotatable bonds is 0. The van der Waals surface area contributed by atoms with E-state index in [-0.39, 0.29) is 5.41 Å². The normalized spacial score (nSPS) is 15.9. The van der Waals surface area contributed by atoms with Gasteiger partial charge in [-0.25, -0.2) is 0 Å². The number of aromatic amines is 2. The summed E-state index contributed by atoms with van der Waals surface area (Å²) in [5.74, 6) is 0. The molecule has 0 unspecified atom stereocenters. The van der Waals surface area contributed by atoms with Crippen molar-refractivity contribution in [1.29, 1.82) is 0 Å². The molecule has 3 nitrogen and oxygen atoms in total. The van der Waals surface area contributed by atoms with Gasteiger partial charge in [0.15, 0.2) is 0 Å². The van der Waals surface area contributed by atoms with Crippen LogP contribution in [0.15, 0.2) is 24.4 Å². The van der Waals surface area contributed by atoms with Crippen LogP contribution >= 0.6 is 0 Å². The Bertz CT molecular complexity index is 780. The Hall–Kier alpha value is -1.97. The van der Waals surface area contributed by atoms with Crippen molar-refractivity contribution in [3.05, 3.63) is 35.5 Å². The van der Waals surface area contributed by atoms with Crippen molar-refractivity contribution in [3.63, 3.8) is 0 Å². The molecule has 2 aromatic heterocycles. The van der Waals surface area contributed by atoms with Crippen LogP contribution in [-0.2, 0) is 5.41 Å². The van der Waals surface area contributed by atoms with Crippen LogP contribution in [0.5, 0.6) is 0 Å². The molecule has 0 bridgehead atoms. The van der Waals surface area contributed by atoms with Gasteiger partial charge in [0.25, 0.3) is 0 Å². The van der Waals surface area contributed by atoms with Crippen molar-refractivity contribution in [1.82, 2.24) is 15.2 Å². The fourth-order valence-electron chi connectivity index (χ4n) is 3.22. The Kier molecular flexibility index (Phi) is 1.60. The molecular weight excluding hydrogens is 221 g/mol. The monoisotopic (exact) mass is 235 g/mol. The molecule has 18 heavy (non-hydrogen) atoms. The number of H-pyrrole nitrogens is 2. The second-order valence-electron chi connectivity index (χ2n) is 5.70. The lowest BCUT2D eigenvalue weighted by Crippen LogP contribution is -2.14. The first-order valence-corrected chi connectivity index (χ1v) is 6.26. The van der Waals surface area contributed by atoms with E-state index in [4.69, 9.17) is 0 Å². The lowest BCUT2D eigenvalue weighted by atomic mass is 9.82. The molecule has 4 rings (SSSR count). The average Bonchev–Trinajstić information content (AvgIpc) is 2.94. The van der Waals surface area contributed by atoms with E-state index in [1.54, 1.807) is 0 Å². The minimum absolute atomic E-state index is 0.0176. The minimum Gasteiger partial charge on any atom is -0.353 e. The van der Waals surface area contributed by atoms with E-state index in [1.807, 2.05) is 6.20 Å². The first-order valence-electron chi connectivity index (χ1n) is 6.26. The third kappa shape index (κ3) is 0.992. The van der Waals surface area contributed by atoms with Crippen molar-refractivity contribution in [2.75, 3.05) is 0 Å². The highest BCUT2D eigenvalue weighted by atomic mass is 15.1. The van der Waals surface area contributed by atoms with Gasteiger partial charge in [0.1, 0.15) is 13.5 Å². The SMILES string of the molecule is Bc1ccc2[nH]c3c(c2c1)C(C)(C)c1c[nH]nc1-3. The van der Waals surface area contributed by atoms with E-state index in [2.05, 4.69) is 55.1 Å². The molecule has 1 aliphatic carbocycles. The molecule has 0 fully saturated rings. The van der Waals surface area contributed by atoms with Crippen LogP contribution in [0.25, 0.3) is 22.3 Å². The van der Waals surface area contributed by atoms with E-state index < -0.39 is 0 Å². The summed E-state index contributed by atoms with van der Waals surface area (Å²) in [4.78, 5) is 3.52. The molecule has 4 heteroatoms. The molecule has 0 atom stereocenters. The summed E-state index contributed by atoms with van der Waals surface area (Å²) in [6.07, 6.45) is 2.02. The van der Waals surface area contributed by atoms with E-state index in [9.17, 15) is 0 Å². The van der Waals surface area contributed by atoms with Gasteiger partial charge in [-0.2, -0.15) is 5.10 Å². The van der Waals surface area contributed by atoms with Gasteiger partial charge in [-0.3, -0.25) is 5.10 Å². The molecule has 0 saturated heterocycles. The van der Waals surface area contributed by atoms with Crippen LogP contribution in [0.1, 0.15) is 25.0 Å². The number of benzene rings is 1. The minimum atomic E-state index is 0.0176. The largest absolute Gasteiger partial charge is 0.353 e. The topological polar surface area (TPSA) is 44.5 Å². The summed E-state index contributed by atoms with van der Waals surface area (Å²) >= 11 is 0. The zero-order chi connectivity index (χ0) is 12.5. The van der Waals surface area contributed by atoms with Crippen LogP contribution in [-0.4, -0.2) is 23.0 Å². The van der Waals surface area contributed by atoms with Gasteiger partial charge >= 0.3 is 0 Å². The molecule has 2 N–H and O–H groups in total. The number of hydrogen-bond acceptors (Lipinski definition) is 1. The van der Waals surface area contributed by atoms with Gasteiger partial charge < -0.3 is 4.98 Å². The summed E-state index contributed by atoms with van der Waals surface area (Å²) in [6, 6.07) is 6.57. The quantitative estimate of drug-likeness (QED) is 0.569. The number of hydrogen-bond donors (Lipinski definition) is 2. The fraction of sp³-hybridized carbons (Fsp3) is 0.214. The zero-order valence-corrected chi connectivity index (χ0v) is 10.8. The Morgan fingerprint density at radius 2 is 2.11 bits per heavy atom.